The van der Waals surface area contributed by atoms with E-state index in [0.29, 0.717) is 18.8 Å². The van der Waals surface area contributed by atoms with Crippen molar-refractivity contribution in [3.05, 3.63) is 32.8 Å². The number of hydrogen-bond donors (Lipinski definition) is 1. The van der Waals surface area contributed by atoms with Crippen LogP contribution in [-0.4, -0.2) is 37.3 Å². The number of ether oxygens (including phenoxy) is 1. The Labute approximate surface area is 132 Å². The van der Waals surface area contributed by atoms with E-state index in [4.69, 9.17) is 10.5 Å². The summed E-state index contributed by atoms with van der Waals surface area (Å²) in [7, 11) is 0. The summed E-state index contributed by atoms with van der Waals surface area (Å²) in [6, 6.07) is 5.20. The average molecular weight is 358 g/mol. The van der Waals surface area contributed by atoms with E-state index in [0.717, 1.165) is 36.8 Å². The standard InChI is InChI=1S/C14H20BrN3O3/c15-11-2-3-13(14(10-11)18(19)20)17-7-4-12(5-8-17)21-9-1-6-16/h2-3,10,12H,1,4-9,16H2. The van der Waals surface area contributed by atoms with E-state index in [2.05, 4.69) is 20.8 Å². The summed E-state index contributed by atoms with van der Waals surface area (Å²) in [5, 5.41) is 11.2. The van der Waals surface area contributed by atoms with Gasteiger partial charge >= 0.3 is 0 Å². The molecule has 0 aromatic heterocycles. The molecule has 7 heteroatoms. The number of piperidine rings is 1. The molecular formula is C14H20BrN3O3. The molecule has 0 saturated carbocycles. The second-order valence-corrected chi connectivity index (χ2v) is 6.01. The van der Waals surface area contributed by atoms with Crippen molar-refractivity contribution in [2.24, 2.45) is 5.73 Å². The molecule has 1 aromatic rings. The van der Waals surface area contributed by atoms with Gasteiger partial charge in [-0.2, -0.15) is 0 Å². The van der Waals surface area contributed by atoms with Crippen LogP contribution in [0.4, 0.5) is 11.4 Å². The highest BCUT2D eigenvalue weighted by Crippen LogP contribution is 2.33. The van der Waals surface area contributed by atoms with Crippen molar-refractivity contribution in [3.8, 4) is 0 Å². The fourth-order valence-corrected chi connectivity index (χ4v) is 2.86. The summed E-state index contributed by atoms with van der Waals surface area (Å²) in [5.41, 5.74) is 6.27. The molecule has 1 aliphatic heterocycles. The number of nitrogens with two attached hydrogens (primary N) is 1. The molecule has 0 amide bonds. The zero-order valence-electron chi connectivity index (χ0n) is 11.8. The van der Waals surface area contributed by atoms with Crippen molar-refractivity contribution in [1.82, 2.24) is 0 Å². The predicted octanol–water partition coefficient (Wildman–Crippen LogP) is 2.69. The minimum atomic E-state index is -0.329. The lowest BCUT2D eigenvalue weighted by Crippen LogP contribution is -2.37. The smallest absolute Gasteiger partial charge is 0.293 e. The third-order valence-corrected chi connectivity index (χ3v) is 4.11. The van der Waals surface area contributed by atoms with Crippen LogP contribution in [0.5, 0.6) is 0 Å². The summed E-state index contributed by atoms with van der Waals surface area (Å²) < 4.78 is 6.48. The number of anilines is 1. The molecule has 2 N–H and O–H groups in total. The lowest BCUT2D eigenvalue weighted by Gasteiger charge is -2.33. The first kappa shape index (κ1) is 16.2. The van der Waals surface area contributed by atoms with Gasteiger partial charge < -0.3 is 15.4 Å². The number of rotatable bonds is 6. The largest absolute Gasteiger partial charge is 0.378 e. The van der Waals surface area contributed by atoms with Crippen molar-refractivity contribution in [2.75, 3.05) is 31.1 Å². The van der Waals surface area contributed by atoms with E-state index in [1.165, 1.54) is 0 Å². The molecule has 0 bridgehead atoms. The van der Waals surface area contributed by atoms with Gasteiger partial charge in [0.2, 0.25) is 0 Å². The Kier molecular flexibility index (Phi) is 5.96. The number of nitro groups is 1. The number of nitrogens with zero attached hydrogens (tertiary/aromatic N) is 2. The molecule has 1 aliphatic rings. The zero-order valence-corrected chi connectivity index (χ0v) is 13.4. The van der Waals surface area contributed by atoms with Crippen molar-refractivity contribution >= 4 is 27.3 Å². The maximum absolute atomic E-state index is 11.2. The number of benzene rings is 1. The van der Waals surface area contributed by atoms with Crippen LogP contribution in [-0.2, 0) is 4.74 Å². The molecule has 0 atom stereocenters. The molecule has 0 spiro atoms. The highest BCUT2D eigenvalue weighted by molar-refractivity contribution is 9.10. The average Bonchev–Trinajstić information content (AvgIpc) is 2.48. The summed E-state index contributed by atoms with van der Waals surface area (Å²) in [6.07, 6.45) is 2.89. The van der Waals surface area contributed by atoms with Gasteiger partial charge in [0.1, 0.15) is 5.69 Å². The molecule has 2 rings (SSSR count). The van der Waals surface area contributed by atoms with Gasteiger partial charge in [-0.25, -0.2) is 0 Å². The third-order valence-electron chi connectivity index (χ3n) is 3.62. The van der Waals surface area contributed by atoms with Crippen LogP contribution in [0.15, 0.2) is 22.7 Å². The first-order valence-electron chi connectivity index (χ1n) is 7.12. The first-order chi connectivity index (χ1) is 10.1. The van der Waals surface area contributed by atoms with Gasteiger partial charge in [0, 0.05) is 30.2 Å². The summed E-state index contributed by atoms with van der Waals surface area (Å²) in [5.74, 6) is 0. The highest BCUT2D eigenvalue weighted by Gasteiger charge is 2.25. The van der Waals surface area contributed by atoms with Gasteiger partial charge in [0.05, 0.1) is 11.0 Å². The summed E-state index contributed by atoms with van der Waals surface area (Å²) >= 11 is 3.28. The Bertz CT molecular complexity index is 490. The Morgan fingerprint density at radius 3 is 2.76 bits per heavy atom. The van der Waals surface area contributed by atoms with E-state index in [1.807, 2.05) is 6.07 Å². The van der Waals surface area contributed by atoms with Gasteiger partial charge in [-0.3, -0.25) is 10.1 Å². The lowest BCUT2D eigenvalue weighted by atomic mass is 10.1. The van der Waals surface area contributed by atoms with Crippen molar-refractivity contribution in [2.45, 2.75) is 25.4 Å². The quantitative estimate of drug-likeness (QED) is 0.480. The zero-order chi connectivity index (χ0) is 15.2. The topological polar surface area (TPSA) is 81.6 Å². The maximum Gasteiger partial charge on any atom is 0.293 e. The summed E-state index contributed by atoms with van der Waals surface area (Å²) in [4.78, 5) is 12.9. The van der Waals surface area contributed by atoms with Crippen molar-refractivity contribution in [1.29, 1.82) is 0 Å². The Balaban J connectivity index is 1.97. The van der Waals surface area contributed by atoms with E-state index in [-0.39, 0.29) is 16.7 Å². The molecule has 0 radical (unpaired) electrons. The van der Waals surface area contributed by atoms with Crippen LogP contribution < -0.4 is 10.6 Å². The van der Waals surface area contributed by atoms with Gasteiger partial charge in [-0.05, 0) is 37.9 Å². The molecule has 116 valence electrons. The second kappa shape index (κ2) is 7.72. The van der Waals surface area contributed by atoms with Crippen LogP contribution in [0.3, 0.4) is 0 Å². The highest BCUT2D eigenvalue weighted by atomic mass is 79.9. The van der Waals surface area contributed by atoms with Crippen LogP contribution in [0.25, 0.3) is 0 Å². The Hall–Kier alpha value is -1.18. The SMILES string of the molecule is NCCCOC1CCN(c2ccc(Br)cc2[N+](=O)[O-])CC1. The van der Waals surface area contributed by atoms with Crippen LogP contribution in [0, 0.1) is 10.1 Å². The van der Waals surface area contributed by atoms with Crippen LogP contribution >= 0.6 is 15.9 Å². The molecule has 21 heavy (non-hydrogen) atoms. The maximum atomic E-state index is 11.2. The molecule has 0 aliphatic carbocycles. The Morgan fingerprint density at radius 1 is 1.43 bits per heavy atom. The normalized spacial score (nSPS) is 16.2. The van der Waals surface area contributed by atoms with E-state index in [9.17, 15) is 10.1 Å². The number of halogens is 1. The molecule has 1 aromatic carbocycles. The lowest BCUT2D eigenvalue weighted by molar-refractivity contribution is -0.384. The van der Waals surface area contributed by atoms with Crippen molar-refractivity contribution < 1.29 is 9.66 Å². The molecule has 1 heterocycles. The molecule has 1 saturated heterocycles. The van der Waals surface area contributed by atoms with E-state index >= 15 is 0 Å². The van der Waals surface area contributed by atoms with Crippen molar-refractivity contribution in [3.63, 3.8) is 0 Å². The fourth-order valence-electron chi connectivity index (χ4n) is 2.51. The summed E-state index contributed by atoms with van der Waals surface area (Å²) in [6.45, 7) is 2.88. The first-order valence-corrected chi connectivity index (χ1v) is 7.91. The molecule has 0 unspecified atom stereocenters. The van der Waals surface area contributed by atoms with Gasteiger partial charge in [0.15, 0.2) is 0 Å². The Morgan fingerprint density at radius 2 is 2.14 bits per heavy atom. The van der Waals surface area contributed by atoms with Gasteiger partial charge in [-0.1, -0.05) is 15.9 Å². The van der Waals surface area contributed by atoms with E-state index < -0.39 is 0 Å². The minimum absolute atomic E-state index is 0.145. The predicted molar refractivity (Wildman–Crippen MR) is 85.7 cm³/mol. The third kappa shape index (κ3) is 4.39. The number of hydrogen-bond acceptors (Lipinski definition) is 5. The molecular weight excluding hydrogens is 338 g/mol. The van der Waals surface area contributed by atoms with Gasteiger partial charge in [-0.15, -0.1) is 0 Å². The second-order valence-electron chi connectivity index (χ2n) is 5.09. The monoisotopic (exact) mass is 357 g/mol. The van der Waals surface area contributed by atoms with Crippen LogP contribution in [0.2, 0.25) is 0 Å². The van der Waals surface area contributed by atoms with Crippen LogP contribution in [0.1, 0.15) is 19.3 Å². The molecule has 1 fully saturated rings. The molecule has 6 nitrogen and oxygen atoms in total. The number of nitro benzene ring substituents is 1. The fraction of sp³-hybridized carbons (Fsp3) is 0.571. The minimum Gasteiger partial charge on any atom is -0.378 e. The van der Waals surface area contributed by atoms with Gasteiger partial charge in [0.25, 0.3) is 5.69 Å². The van der Waals surface area contributed by atoms with E-state index in [1.54, 1.807) is 12.1 Å².